The average Bonchev–Trinajstić information content (AvgIpc) is 3.25. The van der Waals surface area contributed by atoms with Gasteiger partial charge in [0, 0.05) is 12.3 Å². The first-order valence-corrected chi connectivity index (χ1v) is 11.7. The topological polar surface area (TPSA) is 45.9 Å². The van der Waals surface area contributed by atoms with Crippen LogP contribution in [0.15, 0.2) is 40.8 Å². The maximum atomic E-state index is 12.4. The third-order valence-electron chi connectivity index (χ3n) is 4.33. The van der Waals surface area contributed by atoms with Gasteiger partial charge in [0.1, 0.15) is 22.6 Å². The molecule has 0 saturated carbocycles. The fourth-order valence-corrected chi connectivity index (χ4v) is 5.16. The highest BCUT2D eigenvalue weighted by molar-refractivity contribution is 8.00. The molecule has 1 aromatic heterocycles. The lowest BCUT2D eigenvalue weighted by molar-refractivity contribution is -0.127. The van der Waals surface area contributed by atoms with Crippen LogP contribution in [0.1, 0.15) is 29.4 Å². The van der Waals surface area contributed by atoms with Gasteiger partial charge in [-0.05, 0) is 50.8 Å². The third-order valence-corrected chi connectivity index (χ3v) is 6.55. The number of carbonyl (C=O) groups is 1. The van der Waals surface area contributed by atoms with Gasteiger partial charge in [-0.2, -0.15) is 11.8 Å². The van der Waals surface area contributed by atoms with Crippen LogP contribution in [0.2, 0.25) is 0 Å². The zero-order valence-electron chi connectivity index (χ0n) is 16.7. The van der Waals surface area contributed by atoms with Crippen LogP contribution in [0, 0.1) is 0 Å². The molecule has 1 fully saturated rings. The monoisotopic (exact) mass is 420 g/mol. The summed E-state index contributed by atoms with van der Waals surface area (Å²) in [5, 5.41) is 0.0730. The van der Waals surface area contributed by atoms with Crippen LogP contribution >= 0.6 is 23.5 Å². The SMILES string of the molecule is CCOc1cccc(C2SCC(=O)N2CCSCc2ccc(CN(C)C)o2)c1. The van der Waals surface area contributed by atoms with E-state index in [0.29, 0.717) is 12.4 Å². The molecule has 1 atom stereocenters. The quantitative estimate of drug-likeness (QED) is 0.536. The van der Waals surface area contributed by atoms with Crippen molar-refractivity contribution in [1.82, 2.24) is 9.80 Å². The van der Waals surface area contributed by atoms with Gasteiger partial charge in [-0.3, -0.25) is 4.79 Å². The van der Waals surface area contributed by atoms with E-state index in [1.807, 2.05) is 50.2 Å². The van der Waals surface area contributed by atoms with Gasteiger partial charge in [-0.1, -0.05) is 12.1 Å². The van der Waals surface area contributed by atoms with E-state index in [1.54, 1.807) is 23.5 Å². The van der Waals surface area contributed by atoms with Crippen molar-refractivity contribution in [2.75, 3.05) is 38.8 Å². The molecule has 1 saturated heterocycles. The summed E-state index contributed by atoms with van der Waals surface area (Å²) in [5.74, 6) is 5.31. The molecule has 152 valence electrons. The maximum absolute atomic E-state index is 12.4. The summed E-state index contributed by atoms with van der Waals surface area (Å²) in [7, 11) is 4.06. The molecule has 1 aromatic carbocycles. The number of rotatable bonds is 10. The van der Waals surface area contributed by atoms with Gasteiger partial charge in [0.15, 0.2) is 0 Å². The second kappa shape index (κ2) is 10.3. The lowest BCUT2D eigenvalue weighted by atomic mass is 10.2. The van der Waals surface area contributed by atoms with Crippen molar-refractivity contribution in [2.24, 2.45) is 0 Å². The molecule has 2 aromatic rings. The molecule has 7 heteroatoms. The minimum atomic E-state index is 0.0730. The van der Waals surface area contributed by atoms with E-state index in [-0.39, 0.29) is 11.3 Å². The Hall–Kier alpha value is -1.57. The van der Waals surface area contributed by atoms with E-state index in [9.17, 15) is 4.79 Å². The maximum Gasteiger partial charge on any atom is 0.233 e. The summed E-state index contributed by atoms with van der Waals surface area (Å²) in [6, 6.07) is 12.2. The standard InChI is InChI=1S/C21H28N2O3S2/c1-4-25-17-7-5-6-16(12-17)21-23(20(24)15-28-21)10-11-27-14-19-9-8-18(26-19)13-22(2)3/h5-9,12,21H,4,10-11,13-15H2,1-3H3. The van der Waals surface area contributed by atoms with Crippen molar-refractivity contribution < 1.29 is 13.9 Å². The molecular weight excluding hydrogens is 392 g/mol. The fraction of sp³-hybridized carbons (Fsp3) is 0.476. The summed E-state index contributed by atoms with van der Waals surface area (Å²) < 4.78 is 11.5. The largest absolute Gasteiger partial charge is 0.494 e. The summed E-state index contributed by atoms with van der Waals surface area (Å²) in [4.78, 5) is 16.5. The molecule has 1 aliphatic heterocycles. The van der Waals surface area contributed by atoms with Gasteiger partial charge < -0.3 is 19.0 Å². The molecular formula is C21H28N2O3S2. The second-order valence-electron chi connectivity index (χ2n) is 6.91. The van der Waals surface area contributed by atoms with E-state index in [0.717, 1.165) is 47.4 Å². The first-order valence-electron chi connectivity index (χ1n) is 9.50. The zero-order valence-corrected chi connectivity index (χ0v) is 18.4. The smallest absolute Gasteiger partial charge is 0.233 e. The number of benzene rings is 1. The Morgan fingerprint density at radius 2 is 2.11 bits per heavy atom. The van der Waals surface area contributed by atoms with Crippen LogP contribution in [0.25, 0.3) is 0 Å². The molecule has 3 rings (SSSR count). The lowest BCUT2D eigenvalue weighted by Crippen LogP contribution is -2.30. The number of furan rings is 1. The first kappa shape index (κ1) is 21.1. The van der Waals surface area contributed by atoms with Crippen LogP contribution in [0.5, 0.6) is 5.75 Å². The predicted octanol–water partition coefficient (Wildman–Crippen LogP) is 4.25. The summed E-state index contributed by atoms with van der Waals surface area (Å²) >= 11 is 3.49. The number of hydrogen-bond donors (Lipinski definition) is 0. The van der Waals surface area contributed by atoms with Crippen LogP contribution in [0.3, 0.4) is 0 Å². The predicted molar refractivity (Wildman–Crippen MR) is 117 cm³/mol. The van der Waals surface area contributed by atoms with Gasteiger partial charge in [0.2, 0.25) is 5.91 Å². The van der Waals surface area contributed by atoms with Crippen molar-refractivity contribution in [3.05, 3.63) is 53.5 Å². The Morgan fingerprint density at radius 3 is 2.89 bits per heavy atom. The van der Waals surface area contributed by atoms with Crippen molar-refractivity contribution in [3.8, 4) is 5.75 Å². The molecule has 0 aliphatic carbocycles. The number of ether oxygens (including phenoxy) is 1. The van der Waals surface area contributed by atoms with Crippen molar-refractivity contribution >= 4 is 29.4 Å². The molecule has 0 spiro atoms. The summed E-state index contributed by atoms with van der Waals surface area (Å²) in [6.45, 7) is 4.17. The first-order chi connectivity index (χ1) is 13.6. The Morgan fingerprint density at radius 1 is 1.29 bits per heavy atom. The van der Waals surface area contributed by atoms with Crippen LogP contribution in [0.4, 0.5) is 0 Å². The Kier molecular flexibility index (Phi) is 7.76. The molecule has 1 unspecified atom stereocenters. The summed E-state index contributed by atoms with van der Waals surface area (Å²) in [5.41, 5.74) is 1.13. The molecule has 2 heterocycles. The van der Waals surface area contributed by atoms with E-state index < -0.39 is 0 Å². The van der Waals surface area contributed by atoms with Gasteiger partial charge in [0.05, 0.1) is 24.7 Å². The Balaban J connectivity index is 1.51. The van der Waals surface area contributed by atoms with Gasteiger partial charge in [-0.25, -0.2) is 0 Å². The number of amides is 1. The number of hydrogen-bond acceptors (Lipinski definition) is 6. The van der Waals surface area contributed by atoms with Crippen molar-refractivity contribution in [3.63, 3.8) is 0 Å². The van der Waals surface area contributed by atoms with Crippen molar-refractivity contribution in [2.45, 2.75) is 24.6 Å². The zero-order chi connectivity index (χ0) is 19.9. The van der Waals surface area contributed by atoms with E-state index in [2.05, 4.69) is 17.0 Å². The normalized spacial score (nSPS) is 16.9. The molecule has 0 bridgehead atoms. The number of nitrogens with zero attached hydrogens (tertiary/aromatic N) is 2. The van der Waals surface area contributed by atoms with Crippen LogP contribution < -0.4 is 4.74 Å². The number of carbonyl (C=O) groups excluding carboxylic acids is 1. The van der Waals surface area contributed by atoms with Crippen LogP contribution in [-0.2, 0) is 17.1 Å². The molecule has 5 nitrogen and oxygen atoms in total. The lowest BCUT2D eigenvalue weighted by Gasteiger charge is -2.24. The van der Waals surface area contributed by atoms with Gasteiger partial charge in [-0.15, -0.1) is 11.8 Å². The molecule has 1 amide bonds. The highest BCUT2D eigenvalue weighted by atomic mass is 32.2. The number of thioether (sulfide) groups is 2. The van der Waals surface area contributed by atoms with Crippen molar-refractivity contribution in [1.29, 1.82) is 0 Å². The van der Waals surface area contributed by atoms with Gasteiger partial charge in [0.25, 0.3) is 0 Å². The Labute approximate surface area is 175 Å². The molecule has 1 aliphatic rings. The van der Waals surface area contributed by atoms with E-state index in [1.165, 1.54) is 0 Å². The molecule has 0 N–H and O–H groups in total. The minimum absolute atomic E-state index is 0.0730. The highest BCUT2D eigenvalue weighted by Crippen LogP contribution is 2.39. The van der Waals surface area contributed by atoms with Gasteiger partial charge >= 0.3 is 0 Å². The fourth-order valence-electron chi connectivity index (χ4n) is 3.13. The highest BCUT2D eigenvalue weighted by Gasteiger charge is 2.32. The van der Waals surface area contributed by atoms with Crippen LogP contribution in [-0.4, -0.2) is 54.5 Å². The minimum Gasteiger partial charge on any atom is -0.494 e. The van der Waals surface area contributed by atoms with E-state index in [4.69, 9.17) is 9.15 Å². The second-order valence-corrected chi connectivity index (χ2v) is 9.09. The molecule has 28 heavy (non-hydrogen) atoms. The molecule has 0 radical (unpaired) electrons. The third kappa shape index (κ3) is 5.72. The Bertz CT molecular complexity index is 779. The average molecular weight is 421 g/mol. The van der Waals surface area contributed by atoms with E-state index >= 15 is 0 Å². The summed E-state index contributed by atoms with van der Waals surface area (Å²) in [6.07, 6.45) is 0.